The number of phenols is 1. The third-order valence-electron chi connectivity index (χ3n) is 4.33. The topological polar surface area (TPSA) is 92.1 Å². The highest BCUT2D eigenvalue weighted by Gasteiger charge is 2.25. The number of amides is 1. The summed E-state index contributed by atoms with van der Waals surface area (Å²) in [5.74, 6) is 2.02. The summed E-state index contributed by atoms with van der Waals surface area (Å²) in [6.45, 7) is 6.80. The molecule has 0 radical (unpaired) electrons. The highest BCUT2D eigenvalue weighted by molar-refractivity contribution is 5.94. The number of nitrogens with zero attached hydrogens (tertiary/aromatic N) is 3. The largest absolute Gasteiger partial charge is 0.508 e. The van der Waals surface area contributed by atoms with Crippen molar-refractivity contribution in [3.63, 3.8) is 0 Å². The first-order chi connectivity index (χ1) is 12.0. The minimum atomic E-state index is -0.217. The summed E-state index contributed by atoms with van der Waals surface area (Å²) < 4.78 is 2.12. The van der Waals surface area contributed by atoms with E-state index in [-0.39, 0.29) is 17.7 Å². The van der Waals surface area contributed by atoms with E-state index in [4.69, 9.17) is 0 Å². The van der Waals surface area contributed by atoms with E-state index < -0.39 is 0 Å². The number of aromatic nitrogens is 3. The highest BCUT2D eigenvalue weighted by atomic mass is 16.3. The molecule has 0 saturated carbocycles. The zero-order valence-corrected chi connectivity index (χ0v) is 14.7. The number of carbonyl (C=O) groups is 1. The first-order valence-electron chi connectivity index (χ1n) is 8.77. The van der Waals surface area contributed by atoms with Crippen molar-refractivity contribution >= 4 is 5.91 Å². The van der Waals surface area contributed by atoms with E-state index in [1.54, 1.807) is 18.2 Å². The van der Waals surface area contributed by atoms with Gasteiger partial charge in [-0.25, -0.2) is 0 Å². The number of nitrogens with one attached hydrogen (secondary N) is 2. The van der Waals surface area contributed by atoms with Gasteiger partial charge in [0.05, 0.1) is 6.04 Å². The minimum Gasteiger partial charge on any atom is -0.508 e. The summed E-state index contributed by atoms with van der Waals surface area (Å²) in [7, 11) is 0. The van der Waals surface area contributed by atoms with E-state index in [1.807, 2.05) is 0 Å². The van der Waals surface area contributed by atoms with Crippen LogP contribution in [0.3, 0.4) is 0 Å². The van der Waals surface area contributed by atoms with Crippen molar-refractivity contribution in [1.82, 2.24) is 25.4 Å². The standard InChI is InChI=1S/C18H25N5O2/c1-12(2)10-15(20-18(25)13-4-3-5-14(24)11-13)17-22-21-16-6-7-19-8-9-23(16)17/h3-5,11-12,15,19,24H,6-10H2,1-2H3,(H,20,25). The molecule has 25 heavy (non-hydrogen) atoms. The van der Waals surface area contributed by atoms with Gasteiger partial charge in [0.15, 0.2) is 5.82 Å². The number of rotatable bonds is 5. The van der Waals surface area contributed by atoms with E-state index in [1.165, 1.54) is 6.07 Å². The SMILES string of the molecule is CC(C)CC(NC(=O)c1cccc(O)c1)c1nnc2n1CCNCC2. The second kappa shape index (κ2) is 7.65. The highest BCUT2D eigenvalue weighted by Crippen LogP contribution is 2.22. The molecule has 3 N–H and O–H groups in total. The molecular weight excluding hydrogens is 318 g/mol. The van der Waals surface area contributed by atoms with Gasteiger partial charge in [0.2, 0.25) is 0 Å². The Morgan fingerprint density at radius 2 is 2.20 bits per heavy atom. The van der Waals surface area contributed by atoms with Crippen LogP contribution in [0, 0.1) is 5.92 Å². The number of hydrogen-bond acceptors (Lipinski definition) is 5. The fraction of sp³-hybridized carbons (Fsp3) is 0.500. The number of hydrogen-bond donors (Lipinski definition) is 3. The molecule has 0 saturated heterocycles. The summed E-state index contributed by atoms with van der Waals surface area (Å²) in [6, 6.07) is 6.16. The van der Waals surface area contributed by atoms with Crippen molar-refractivity contribution in [2.45, 2.75) is 39.3 Å². The maximum Gasteiger partial charge on any atom is 0.252 e. The van der Waals surface area contributed by atoms with Gasteiger partial charge in [-0.05, 0) is 30.5 Å². The molecule has 7 nitrogen and oxygen atoms in total. The molecule has 0 aliphatic carbocycles. The quantitative estimate of drug-likeness (QED) is 0.768. The zero-order valence-electron chi connectivity index (χ0n) is 14.7. The summed E-state index contributed by atoms with van der Waals surface area (Å²) in [5, 5.41) is 24.7. The van der Waals surface area contributed by atoms with Crippen LogP contribution in [-0.4, -0.2) is 38.9 Å². The van der Waals surface area contributed by atoms with Crippen LogP contribution in [0.2, 0.25) is 0 Å². The maximum atomic E-state index is 12.6. The molecule has 1 aliphatic rings. The van der Waals surface area contributed by atoms with Crippen molar-refractivity contribution in [2.24, 2.45) is 5.92 Å². The fourth-order valence-electron chi connectivity index (χ4n) is 3.14. The molecule has 0 fully saturated rings. The summed E-state index contributed by atoms with van der Waals surface area (Å²) >= 11 is 0. The third kappa shape index (κ3) is 4.17. The maximum absolute atomic E-state index is 12.6. The van der Waals surface area contributed by atoms with Crippen LogP contribution in [0.15, 0.2) is 24.3 Å². The Morgan fingerprint density at radius 1 is 1.36 bits per heavy atom. The smallest absolute Gasteiger partial charge is 0.252 e. The monoisotopic (exact) mass is 343 g/mol. The predicted molar refractivity (Wildman–Crippen MR) is 94.4 cm³/mol. The Balaban J connectivity index is 1.85. The number of phenolic OH excluding ortho intramolecular Hbond substituents is 1. The molecule has 0 bridgehead atoms. The van der Waals surface area contributed by atoms with Gasteiger partial charge in [-0.2, -0.15) is 0 Å². The Hall–Kier alpha value is -2.41. The van der Waals surface area contributed by atoms with Crippen LogP contribution in [0.1, 0.15) is 48.3 Å². The minimum absolute atomic E-state index is 0.0791. The number of carbonyl (C=O) groups excluding carboxylic acids is 1. The molecule has 1 aliphatic heterocycles. The van der Waals surface area contributed by atoms with Crippen molar-refractivity contribution < 1.29 is 9.90 Å². The lowest BCUT2D eigenvalue weighted by Gasteiger charge is -2.21. The van der Waals surface area contributed by atoms with E-state index in [0.717, 1.165) is 44.1 Å². The van der Waals surface area contributed by atoms with Gasteiger partial charge >= 0.3 is 0 Å². The van der Waals surface area contributed by atoms with E-state index >= 15 is 0 Å². The number of fused-ring (bicyclic) bond motifs is 1. The van der Waals surface area contributed by atoms with Gasteiger partial charge in [-0.15, -0.1) is 10.2 Å². The van der Waals surface area contributed by atoms with Gasteiger partial charge in [-0.1, -0.05) is 19.9 Å². The van der Waals surface area contributed by atoms with E-state index in [9.17, 15) is 9.90 Å². The Labute approximate surface area is 147 Å². The average molecular weight is 343 g/mol. The molecular formula is C18H25N5O2. The molecule has 0 spiro atoms. The first-order valence-corrected chi connectivity index (χ1v) is 8.77. The Bertz CT molecular complexity index is 741. The van der Waals surface area contributed by atoms with E-state index in [0.29, 0.717) is 11.5 Å². The predicted octanol–water partition coefficient (Wildman–Crippen LogP) is 1.65. The molecule has 1 amide bonds. The molecule has 1 atom stereocenters. The van der Waals surface area contributed by atoms with E-state index in [2.05, 4.69) is 39.2 Å². The zero-order chi connectivity index (χ0) is 17.8. The molecule has 2 aromatic rings. The van der Waals surface area contributed by atoms with Crippen LogP contribution in [0.5, 0.6) is 5.75 Å². The summed E-state index contributed by atoms with van der Waals surface area (Å²) in [5.41, 5.74) is 0.436. The first kappa shape index (κ1) is 17.4. The van der Waals surface area contributed by atoms with Crippen LogP contribution in [0.25, 0.3) is 0 Å². The lowest BCUT2D eigenvalue weighted by atomic mass is 10.0. The second-order valence-electron chi connectivity index (χ2n) is 6.83. The average Bonchev–Trinajstić information content (AvgIpc) is 2.82. The normalized spacial score (nSPS) is 15.5. The second-order valence-corrected chi connectivity index (χ2v) is 6.83. The Morgan fingerprint density at radius 3 is 2.96 bits per heavy atom. The summed E-state index contributed by atoms with van der Waals surface area (Å²) in [6.07, 6.45) is 1.61. The van der Waals surface area contributed by atoms with Crippen molar-refractivity contribution in [3.05, 3.63) is 41.5 Å². The van der Waals surface area contributed by atoms with Crippen molar-refractivity contribution in [3.8, 4) is 5.75 Å². The lowest BCUT2D eigenvalue weighted by Crippen LogP contribution is -2.32. The van der Waals surface area contributed by atoms with Gasteiger partial charge < -0.3 is 20.3 Å². The molecule has 3 rings (SSSR count). The molecule has 1 aromatic carbocycles. The lowest BCUT2D eigenvalue weighted by molar-refractivity contribution is 0.0928. The number of aromatic hydroxyl groups is 1. The van der Waals surface area contributed by atoms with Gasteiger partial charge in [0.1, 0.15) is 11.6 Å². The molecule has 134 valence electrons. The van der Waals surface area contributed by atoms with Crippen LogP contribution in [0.4, 0.5) is 0 Å². The van der Waals surface area contributed by atoms with Gasteiger partial charge in [-0.3, -0.25) is 4.79 Å². The molecule has 2 heterocycles. The molecule has 7 heteroatoms. The fourth-order valence-corrected chi connectivity index (χ4v) is 3.14. The van der Waals surface area contributed by atoms with Gasteiger partial charge in [0, 0.05) is 31.6 Å². The van der Waals surface area contributed by atoms with Crippen LogP contribution >= 0.6 is 0 Å². The van der Waals surface area contributed by atoms with Crippen molar-refractivity contribution in [2.75, 3.05) is 13.1 Å². The van der Waals surface area contributed by atoms with Crippen molar-refractivity contribution in [1.29, 1.82) is 0 Å². The number of benzene rings is 1. The van der Waals surface area contributed by atoms with Crippen LogP contribution in [-0.2, 0) is 13.0 Å². The third-order valence-corrected chi connectivity index (χ3v) is 4.33. The Kier molecular flexibility index (Phi) is 5.33. The molecule has 1 unspecified atom stereocenters. The summed E-state index contributed by atoms with van der Waals surface area (Å²) in [4.78, 5) is 12.6. The molecule has 1 aromatic heterocycles. The van der Waals surface area contributed by atoms with Crippen LogP contribution < -0.4 is 10.6 Å². The van der Waals surface area contributed by atoms with Gasteiger partial charge in [0.25, 0.3) is 5.91 Å².